The fourth-order valence-electron chi connectivity index (χ4n) is 3.33. The molecule has 22 heavy (non-hydrogen) atoms. The average molecular weight is 340 g/mol. The highest BCUT2D eigenvalue weighted by atomic mass is 35.5. The highest BCUT2D eigenvalue weighted by molar-refractivity contribution is 5.85. The minimum absolute atomic E-state index is 0. The molecule has 0 saturated carbocycles. The van der Waals surface area contributed by atoms with Crippen molar-refractivity contribution in [2.24, 2.45) is 5.41 Å². The quantitative estimate of drug-likeness (QED) is 0.796. The molecular weight excluding hydrogens is 322 g/mol. The number of piperidine rings is 1. The van der Waals surface area contributed by atoms with E-state index in [9.17, 15) is 17.6 Å². The molecule has 2 aliphatic rings. The number of alkyl halides is 3. The summed E-state index contributed by atoms with van der Waals surface area (Å²) >= 11 is 0. The lowest BCUT2D eigenvalue weighted by molar-refractivity contribution is -0.141. The molecular formula is C14H18ClF4N3. The van der Waals surface area contributed by atoms with Crippen LogP contribution in [0.15, 0.2) is 12.3 Å². The van der Waals surface area contributed by atoms with E-state index in [1.807, 2.05) is 0 Å². The fourth-order valence-corrected chi connectivity index (χ4v) is 3.33. The van der Waals surface area contributed by atoms with Crippen LogP contribution in [0.25, 0.3) is 0 Å². The van der Waals surface area contributed by atoms with Crippen molar-refractivity contribution in [3.63, 3.8) is 0 Å². The standard InChI is InChI=1S/C14H17F4N3.ClH/c15-10-8-20-12(14(16,17)18)7-11(10)21-6-3-13(9-21)1-4-19-5-2-13;/h7-8,19H,1-6,9H2;1H. The molecule has 0 aromatic carbocycles. The molecule has 1 aromatic heterocycles. The van der Waals surface area contributed by atoms with E-state index in [1.54, 1.807) is 4.90 Å². The summed E-state index contributed by atoms with van der Waals surface area (Å²) < 4.78 is 52.1. The number of nitrogens with one attached hydrogen (secondary N) is 1. The first-order valence-electron chi connectivity index (χ1n) is 7.08. The molecule has 1 N–H and O–H groups in total. The predicted octanol–water partition coefficient (Wildman–Crippen LogP) is 3.24. The second-order valence-corrected chi connectivity index (χ2v) is 5.94. The second-order valence-electron chi connectivity index (χ2n) is 5.94. The van der Waals surface area contributed by atoms with E-state index in [1.165, 1.54) is 0 Å². The maximum absolute atomic E-state index is 13.9. The van der Waals surface area contributed by atoms with Crippen molar-refractivity contribution in [1.29, 1.82) is 0 Å². The predicted molar refractivity (Wildman–Crippen MR) is 77.8 cm³/mol. The third-order valence-electron chi connectivity index (χ3n) is 4.57. The van der Waals surface area contributed by atoms with Crippen molar-refractivity contribution in [3.05, 3.63) is 23.8 Å². The molecule has 3 rings (SSSR count). The largest absolute Gasteiger partial charge is 0.433 e. The second kappa shape index (κ2) is 6.20. The van der Waals surface area contributed by atoms with Crippen LogP contribution in [0.3, 0.4) is 0 Å². The molecule has 0 bridgehead atoms. The van der Waals surface area contributed by atoms with Crippen molar-refractivity contribution in [2.45, 2.75) is 25.4 Å². The lowest BCUT2D eigenvalue weighted by Gasteiger charge is -2.34. The van der Waals surface area contributed by atoms with Gasteiger partial charge in [-0.3, -0.25) is 0 Å². The van der Waals surface area contributed by atoms with E-state index in [0.717, 1.165) is 38.4 Å². The number of nitrogens with zero attached hydrogens (tertiary/aromatic N) is 2. The Morgan fingerprint density at radius 2 is 1.86 bits per heavy atom. The lowest BCUT2D eigenvalue weighted by Crippen LogP contribution is -2.38. The number of anilines is 1. The Morgan fingerprint density at radius 1 is 1.18 bits per heavy atom. The third kappa shape index (κ3) is 3.30. The van der Waals surface area contributed by atoms with E-state index in [0.29, 0.717) is 19.3 Å². The molecule has 0 unspecified atom stereocenters. The topological polar surface area (TPSA) is 28.2 Å². The van der Waals surface area contributed by atoms with Crippen LogP contribution in [0.4, 0.5) is 23.2 Å². The fraction of sp³-hybridized carbons (Fsp3) is 0.643. The van der Waals surface area contributed by atoms with E-state index < -0.39 is 17.7 Å². The lowest BCUT2D eigenvalue weighted by atomic mass is 9.78. The summed E-state index contributed by atoms with van der Waals surface area (Å²) in [5.74, 6) is -0.686. The maximum Gasteiger partial charge on any atom is 0.433 e. The molecule has 2 fully saturated rings. The SMILES string of the molecule is Cl.Fc1cnc(C(F)(F)F)cc1N1CCC2(CCNCC2)C1. The van der Waals surface area contributed by atoms with Crippen LogP contribution in [0.2, 0.25) is 0 Å². The van der Waals surface area contributed by atoms with Gasteiger partial charge in [0.25, 0.3) is 0 Å². The Labute approximate surface area is 132 Å². The molecule has 0 aliphatic carbocycles. The van der Waals surface area contributed by atoms with Gasteiger partial charge in [-0.1, -0.05) is 0 Å². The van der Waals surface area contributed by atoms with Crippen molar-refractivity contribution in [3.8, 4) is 0 Å². The minimum atomic E-state index is -4.55. The van der Waals surface area contributed by atoms with Crippen LogP contribution in [0.1, 0.15) is 25.0 Å². The summed E-state index contributed by atoms with van der Waals surface area (Å²) in [6.07, 6.45) is -0.997. The van der Waals surface area contributed by atoms with Gasteiger partial charge in [0.15, 0.2) is 5.82 Å². The van der Waals surface area contributed by atoms with Crippen LogP contribution in [0, 0.1) is 11.2 Å². The van der Waals surface area contributed by atoms with Gasteiger partial charge in [0.05, 0.1) is 11.9 Å². The van der Waals surface area contributed by atoms with Crippen molar-refractivity contribution in [1.82, 2.24) is 10.3 Å². The van der Waals surface area contributed by atoms with Gasteiger partial charge in [0, 0.05) is 13.1 Å². The van der Waals surface area contributed by atoms with Gasteiger partial charge >= 0.3 is 6.18 Å². The summed E-state index contributed by atoms with van der Waals surface area (Å²) in [7, 11) is 0. The third-order valence-corrected chi connectivity index (χ3v) is 4.57. The van der Waals surface area contributed by atoms with E-state index in [-0.39, 0.29) is 23.5 Å². The smallest absolute Gasteiger partial charge is 0.368 e. The number of hydrogen-bond donors (Lipinski definition) is 1. The monoisotopic (exact) mass is 339 g/mol. The van der Waals surface area contributed by atoms with Crippen LogP contribution < -0.4 is 10.2 Å². The van der Waals surface area contributed by atoms with E-state index in [2.05, 4.69) is 10.3 Å². The van der Waals surface area contributed by atoms with Gasteiger partial charge in [-0.2, -0.15) is 13.2 Å². The molecule has 3 nitrogen and oxygen atoms in total. The average Bonchev–Trinajstić information content (AvgIpc) is 2.82. The molecule has 124 valence electrons. The molecule has 8 heteroatoms. The number of hydrogen-bond acceptors (Lipinski definition) is 3. The number of halogens is 5. The highest BCUT2D eigenvalue weighted by Crippen LogP contribution is 2.41. The summed E-state index contributed by atoms with van der Waals surface area (Å²) in [5.41, 5.74) is -0.905. The highest BCUT2D eigenvalue weighted by Gasteiger charge is 2.40. The maximum atomic E-state index is 13.9. The van der Waals surface area contributed by atoms with Crippen molar-refractivity contribution < 1.29 is 17.6 Å². The van der Waals surface area contributed by atoms with Gasteiger partial charge in [-0.05, 0) is 43.8 Å². The molecule has 0 atom stereocenters. The van der Waals surface area contributed by atoms with Gasteiger partial charge < -0.3 is 10.2 Å². The zero-order chi connectivity index (χ0) is 15.1. The van der Waals surface area contributed by atoms with Crippen LogP contribution in [0.5, 0.6) is 0 Å². The Balaban J connectivity index is 0.00000176. The van der Waals surface area contributed by atoms with Gasteiger partial charge in [0.1, 0.15) is 5.69 Å². The van der Waals surface area contributed by atoms with Crippen LogP contribution in [-0.2, 0) is 6.18 Å². The van der Waals surface area contributed by atoms with Gasteiger partial charge in [0.2, 0.25) is 0 Å². The first-order valence-corrected chi connectivity index (χ1v) is 7.08. The van der Waals surface area contributed by atoms with E-state index in [4.69, 9.17) is 0 Å². The van der Waals surface area contributed by atoms with Crippen LogP contribution in [-0.4, -0.2) is 31.2 Å². The summed E-state index contributed by atoms with van der Waals surface area (Å²) in [6, 6.07) is 0.829. The number of aromatic nitrogens is 1. The Hall–Kier alpha value is -1.08. The summed E-state index contributed by atoms with van der Waals surface area (Å²) in [4.78, 5) is 4.88. The molecule has 2 saturated heterocycles. The summed E-state index contributed by atoms with van der Waals surface area (Å²) in [6.45, 7) is 3.05. The van der Waals surface area contributed by atoms with Crippen molar-refractivity contribution >= 4 is 18.1 Å². The molecule has 0 amide bonds. The Kier molecular flexibility index (Phi) is 4.87. The first-order chi connectivity index (χ1) is 9.90. The first kappa shape index (κ1) is 17.3. The molecule has 1 spiro atoms. The Bertz CT molecular complexity index is 529. The zero-order valence-corrected chi connectivity index (χ0v) is 12.7. The Morgan fingerprint density at radius 3 is 2.50 bits per heavy atom. The summed E-state index contributed by atoms with van der Waals surface area (Å²) in [5, 5.41) is 3.28. The van der Waals surface area contributed by atoms with Gasteiger partial charge in [-0.15, -0.1) is 12.4 Å². The normalized spacial score (nSPS) is 21.0. The van der Waals surface area contributed by atoms with E-state index >= 15 is 0 Å². The number of rotatable bonds is 1. The zero-order valence-electron chi connectivity index (χ0n) is 11.9. The van der Waals surface area contributed by atoms with Crippen LogP contribution >= 0.6 is 12.4 Å². The number of pyridine rings is 1. The molecule has 0 radical (unpaired) electrons. The molecule has 2 aliphatic heterocycles. The minimum Gasteiger partial charge on any atom is -0.368 e. The van der Waals surface area contributed by atoms with Crippen molar-refractivity contribution in [2.75, 3.05) is 31.1 Å². The molecule has 1 aromatic rings. The van der Waals surface area contributed by atoms with Gasteiger partial charge in [-0.25, -0.2) is 9.37 Å². The molecule has 3 heterocycles.